The molecule has 60 heavy (non-hydrogen) atoms. The molecule has 4 N–H and O–H groups in total. The number of rotatable bonds is 43. The number of carboxylic acids is 1. The minimum Gasteiger partial charge on any atom is -0.480 e. The standard InChI is InChI=1S/C48H84NO10P/c1-3-5-7-9-11-13-15-17-19-21-22-24-25-27-29-31-33-35-37-39-46(51)49-45(48(53)54)43-59-60(55,56)58-42-44(50)41-57-47(52)40-38-36-34-32-30-28-26-23-20-18-16-14-12-10-8-6-4-2/h11,13,17-20,22,24,27,29,44-45,50H,3-10,12,14-16,21,23,25-26,28,30-43H2,1-2H3,(H,49,51)(H,53,54)(H,55,56)/b13-11-,19-17-,20-18-,24-22-,29-27-. The Morgan fingerprint density at radius 1 is 0.533 bits per heavy atom. The molecule has 0 aromatic rings. The van der Waals surface area contributed by atoms with Gasteiger partial charge in [-0.2, -0.15) is 0 Å². The molecule has 0 aliphatic heterocycles. The zero-order valence-electron chi connectivity index (χ0n) is 37.5. The molecule has 0 aromatic carbocycles. The maximum Gasteiger partial charge on any atom is 0.472 e. The Balaban J connectivity index is 3.95. The number of phosphoric acid groups is 1. The summed E-state index contributed by atoms with van der Waals surface area (Å²) in [6.07, 6.45) is 49.5. The molecule has 11 nitrogen and oxygen atoms in total. The molecule has 346 valence electrons. The molecule has 12 heteroatoms. The lowest BCUT2D eigenvalue weighted by molar-refractivity contribution is -0.147. The summed E-state index contributed by atoms with van der Waals surface area (Å²) < 4.78 is 26.9. The van der Waals surface area contributed by atoms with Crippen LogP contribution in [-0.4, -0.2) is 64.9 Å². The monoisotopic (exact) mass is 866 g/mol. The van der Waals surface area contributed by atoms with Crippen molar-refractivity contribution in [3.63, 3.8) is 0 Å². The zero-order chi connectivity index (χ0) is 44.2. The molecule has 3 atom stereocenters. The number of unbranched alkanes of at least 4 members (excludes halogenated alkanes) is 19. The van der Waals surface area contributed by atoms with E-state index in [-0.39, 0.29) is 12.8 Å². The van der Waals surface area contributed by atoms with E-state index >= 15 is 0 Å². The van der Waals surface area contributed by atoms with Gasteiger partial charge < -0.3 is 25.2 Å². The third kappa shape index (κ3) is 41.9. The lowest BCUT2D eigenvalue weighted by Gasteiger charge is -2.18. The fourth-order valence-electron chi connectivity index (χ4n) is 6.12. The van der Waals surface area contributed by atoms with Gasteiger partial charge >= 0.3 is 19.8 Å². The highest BCUT2D eigenvalue weighted by atomic mass is 31.2. The van der Waals surface area contributed by atoms with Gasteiger partial charge in [0.2, 0.25) is 5.91 Å². The smallest absolute Gasteiger partial charge is 0.472 e. The Bertz CT molecular complexity index is 1250. The number of carbonyl (C=O) groups is 3. The molecule has 1 amide bonds. The number of hydrogen-bond acceptors (Lipinski definition) is 8. The van der Waals surface area contributed by atoms with Crippen LogP contribution in [0.1, 0.15) is 194 Å². The number of nitrogens with one attached hydrogen (secondary N) is 1. The molecule has 0 radical (unpaired) electrons. The predicted octanol–water partition coefficient (Wildman–Crippen LogP) is 12.3. The molecule has 0 fully saturated rings. The van der Waals surface area contributed by atoms with Crippen LogP contribution >= 0.6 is 7.82 Å². The van der Waals surface area contributed by atoms with E-state index in [0.29, 0.717) is 12.8 Å². The number of amides is 1. The summed E-state index contributed by atoms with van der Waals surface area (Å²) in [5.74, 6) is -2.42. The van der Waals surface area contributed by atoms with Crippen LogP contribution in [0.5, 0.6) is 0 Å². The van der Waals surface area contributed by atoms with Crippen LogP contribution < -0.4 is 5.32 Å². The predicted molar refractivity (Wildman–Crippen MR) is 245 cm³/mol. The highest BCUT2D eigenvalue weighted by Crippen LogP contribution is 2.43. The van der Waals surface area contributed by atoms with Gasteiger partial charge in [0.25, 0.3) is 0 Å². The summed E-state index contributed by atoms with van der Waals surface area (Å²) in [6, 6.07) is -1.57. The molecule has 0 rings (SSSR count). The van der Waals surface area contributed by atoms with Gasteiger partial charge in [0.1, 0.15) is 12.7 Å². The van der Waals surface area contributed by atoms with E-state index in [2.05, 4.69) is 79.9 Å². The van der Waals surface area contributed by atoms with E-state index in [9.17, 15) is 34.1 Å². The first kappa shape index (κ1) is 57.2. The Kier molecular flexibility index (Phi) is 40.8. The van der Waals surface area contributed by atoms with Crippen molar-refractivity contribution in [1.29, 1.82) is 0 Å². The minimum absolute atomic E-state index is 0.105. The van der Waals surface area contributed by atoms with Crippen LogP contribution in [0.3, 0.4) is 0 Å². The summed E-state index contributed by atoms with van der Waals surface area (Å²) in [5.41, 5.74) is 0. The molecule has 0 saturated carbocycles. The molecule has 0 saturated heterocycles. The van der Waals surface area contributed by atoms with Crippen LogP contribution in [0.4, 0.5) is 0 Å². The second-order valence-electron chi connectivity index (χ2n) is 15.6. The molecule has 0 spiro atoms. The average molecular weight is 866 g/mol. The molecule has 0 aliphatic carbocycles. The van der Waals surface area contributed by atoms with Gasteiger partial charge in [0.05, 0.1) is 13.2 Å². The highest BCUT2D eigenvalue weighted by molar-refractivity contribution is 7.47. The summed E-state index contributed by atoms with van der Waals surface area (Å²) >= 11 is 0. The summed E-state index contributed by atoms with van der Waals surface area (Å²) in [6.45, 7) is 2.54. The summed E-state index contributed by atoms with van der Waals surface area (Å²) in [4.78, 5) is 46.0. The lowest BCUT2D eigenvalue weighted by atomic mass is 10.1. The number of carbonyl (C=O) groups excluding carboxylic acids is 2. The Hall–Kier alpha value is -2.82. The topological polar surface area (TPSA) is 169 Å². The maximum atomic E-state index is 12.3. The van der Waals surface area contributed by atoms with E-state index in [1.54, 1.807) is 0 Å². The second kappa shape index (κ2) is 42.9. The number of aliphatic hydroxyl groups excluding tert-OH is 1. The number of allylic oxidation sites excluding steroid dienone is 10. The number of aliphatic carboxylic acids is 1. The average Bonchev–Trinajstić information content (AvgIpc) is 3.22. The van der Waals surface area contributed by atoms with E-state index in [1.165, 1.54) is 89.9 Å². The van der Waals surface area contributed by atoms with Crippen molar-refractivity contribution in [2.24, 2.45) is 0 Å². The Morgan fingerprint density at radius 2 is 0.917 bits per heavy atom. The molecular formula is C48H84NO10P. The third-order valence-corrected chi connectivity index (χ3v) is 10.7. The van der Waals surface area contributed by atoms with Crippen molar-refractivity contribution >= 4 is 25.7 Å². The van der Waals surface area contributed by atoms with Crippen LogP contribution in [0, 0.1) is 0 Å². The number of carboxylic acid groups (broad SMARTS) is 1. The first-order valence-electron chi connectivity index (χ1n) is 23.3. The van der Waals surface area contributed by atoms with Gasteiger partial charge in [-0.05, 0) is 83.5 Å². The fourth-order valence-corrected chi connectivity index (χ4v) is 6.89. The largest absolute Gasteiger partial charge is 0.480 e. The van der Waals surface area contributed by atoms with Crippen molar-refractivity contribution in [2.75, 3.05) is 19.8 Å². The first-order valence-corrected chi connectivity index (χ1v) is 24.8. The number of hydrogen-bond donors (Lipinski definition) is 4. The summed E-state index contributed by atoms with van der Waals surface area (Å²) in [7, 11) is -4.77. The van der Waals surface area contributed by atoms with E-state index in [4.69, 9.17) is 13.8 Å². The Morgan fingerprint density at radius 3 is 1.43 bits per heavy atom. The number of phosphoric ester groups is 1. The SMILES string of the molecule is CCCCC/C=C\C/C=C\C/C=C\C/C=C\CCCCCC(=O)NC(COP(=O)(O)OCC(O)COC(=O)CCCCCCCCC/C=C\CCCCCCCC)C(=O)O. The fraction of sp³-hybridized carbons (Fsp3) is 0.729. The third-order valence-electron chi connectivity index (χ3n) is 9.78. The van der Waals surface area contributed by atoms with Crippen molar-refractivity contribution in [3.05, 3.63) is 60.8 Å². The molecule has 0 aliphatic rings. The van der Waals surface area contributed by atoms with Gasteiger partial charge in [-0.3, -0.25) is 18.6 Å². The van der Waals surface area contributed by atoms with E-state index in [0.717, 1.165) is 64.2 Å². The van der Waals surface area contributed by atoms with Gasteiger partial charge in [0, 0.05) is 12.8 Å². The lowest BCUT2D eigenvalue weighted by Crippen LogP contribution is -2.43. The van der Waals surface area contributed by atoms with Gasteiger partial charge in [-0.25, -0.2) is 9.36 Å². The van der Waals surface area contributed by atoms with Gasteiger partial charge in [0.15, 0.2) is 6.04 Å². The van der Waals surface area contributed by atoms with Crippen LogP contribution in [-0.2, 0) is 32.7 Å². The van der Waals surface area contributed by atoms with Crippen molar-refractivity contribution in [3.8, 4) is 0 Å². The normalized spacial score (nSPS) is 14.2. The molecular weight excluding hydrogens is 781 g/mol. The van der Waals surface area contributed by atoms with E-state index in [1.807, 2.05) is 0 Å². The Labute approximate surface area is 364 Å². The van der Waals surface area contributed by atoms with Gasteiger partial charge in [-0.1, -0.05) is 158 Å². The molecule has 0 aromatic heterocycles. The number of aliphatic hydroxyl groups is 1. The highest BCUT2D eigenvalue weighted by Gasteiger charge is 2.28. The van der Waals surface area contributed by atoms with Crippen molar-refractivity contribution in [2.45, 2.75) is 206 Å². The molecule has 3 unspecified atom stereocenters. The summed E-state index contributed by atoms with van der Waals surface area (Å²) in [5, 5.41) is 21.8. The molecule has 0 heterocycles. The number of ether oxygens (including phenoxy) is 1. The molecule has 0 bridgehead atoms. The second-order valence-corrected chi connectivity index (χ2v) is 17.0. The number of esters is 1. The van der Waals surface area contributed by atoms with Crippen molar-refractivity contribution < 1.29 is 47.8 Å². The van der Waals surface area contributed by atoms with Gasteiger partial charge in [-0.15, -0.1) is 0 Å². The quantitative estimate of drug-likeness (QED) is 0.0200. The zero-order valence-corrected chi connectivity index (χ0v) is 38.4. The van der Waals surface area contributed by atoms with Crippen LogP contribution in [0.15, 0.2) is 60.8 Å². The first-order chi connectivity index (χ1) is 29.1. The van der Waals surface area contributed by atoms with Crippen LogP contribution in [0.2, 0.25) is 0 Å². The maximum absolute atomic E-state index is 12.3. The minimum atomic E-state index is -4.77. The van der Waals surface area contributed by atoms with Crippen LogP contribution in [0.25, 0.3) is 0 Å². The van der Waals surface area contributed by atoms with Crippen molar-refractivity contribution in [1.82, 2.24) is 5.32 Å². The van der Waals surface area contributed by atoms with E-state index < -0.39 is 57.6 Å².